The molecule has 112 valence electrons. The fourth-order valence-corrected chi connectivity index (χ4v) is 2.68. The highest BCUT2D eigenvalue weighted by molar-refractivity contribution is 5.57. The molecule has 4 nitrogen and oxygen atoms in total. The lowest BCUT2D eigenvalue weighted by atomic mass is 9.99. The minimum Gasteiger partial charge on any atom is -0.497 e. The summed E-state index contributed by atoms with van der Waals surface area (Å²) in [5.74, 6) is 3.31. The molecule has 0 aliphatic carbocycles. The van der Waals surface area contributed by atoms with E-state index in [1.54, 1.807) is 7.11 Å². The minimum atomic E-state index is 0.801. The Hall–Kier alpha value is -1.81. The maximum Gasteiger partial charge on any atom is 0.209 e. The monoisotopic (exact) mass is 286 g/mol. The quantitative estimate of drug-likeness (QED) is 0.861. The number of methoxy groups -OCH3 is 1. The largest absolute Gasteiger partial charge is 0.497 e. The molecule has 1 aliphatic rings. The average Bonchev–Trinajstić information content (AvgIpc) is 2.98. The normalized spacial score (nSPS) is 17.0. The summed E-state index contributed by atoms with van der Waals surface area (Å²) < 4.78 is 11.0. The van der Waals surface area contributed by atoms with E-state index in [1.165, 1.54) is 12.8 Å². The molecule has 0 spiro atoms. The van der Waals surface area contributed by atoms with Crippen molar-refractivity contribution in [3.05, 3.63) is 36.4 Å². The first-order valence-corrected chi connectivity index (χ1v) is 7.56. The third-order valence-electron chi connectivity index (χ3n) is 4.16. The first-order chi connectivity index (χ1) is 10.2. The highest BCUT2D eigenvalue weighted by Gasteiger charge is 2.17. The number of likely N-dealkylation sites (tertiary alicyclic amines) is 1. The van der Waals surface area contributed by atoms with Gasteiger partial charge in [0.2, 0.25) is 5.89 Å². The second kappa shape index (κ2) is 6.31. The van der Waals surface area contributed by atoms with E-state index in [0.29, 0.717) is 0 Å². The third-order valence-corrected chi connectivity index (χ3v) is 4.16. The van der Waals surface area contributed by atoms with Gasteiger partial charge in [-0.2, -0.15) is 0 Å². The van der Waals surface area contributed by atoms with E-state index >= 15 is 0 Å². The molecule has 0 bridgehead atoms. The molecule has 21 heavy (non-hydrogen) atoms. The van der Waals surface area contributed by atoms with Crippen molar-refractivity contribution in [2.24, 2.45) is 5.92 Å². The molecule has 0 N–H and O–H groups in total. The fourth-order valence-electron chi connectivity index (χ4n) is 2.68. The zero-order valence-corrected chi connectivity index (χ0v) is 12.7. The van der Waals surface area contributed by atoms with E-state index in [2.05, 4.69) is 16.8 Å². The summed E-state index contributed by atoms with van der Waals surface area (Å²) in [6.45, 7) is 5.41. The fraction of sp³-hybridized carbons (Fsp3) is 0.471. The third kappa shape index (κ3) is 3.45. The van der Waals surface area contributed by atoms with Gasteiger partial charge >= 0.3 is 0 Å². The van der Waals surface area contributed by atoms with Gasteiger partial charge in [-0.05, 0) is 56.1 Å². The second-order valence-corrected chi connectivity index (χ2v) is 5.81. The lowest BCUT2D eigenvalue weighted by molar-refractivity contribution is 0.171. The first-order valence-electron chi connectivity index (χ1n) is 7.56. The molecule has 0 unspecified atom stereocenters. The van der Waals surface area contributed by atoms with E-state index in [1.807, 2.05) is 30.5 Å². The van der Waals surface area contributed by atoms with Gasteiger partial charge in [-0.3, -0.25) is 4.90 Å². The molecule has 1 aromatic heterocycles. The molecule has 0 radical (unpaired) electrons. The van der Waals surface area contributed by atoms with Crippen LogP contribution < -0.4 is 4.74 Å². The lowest BCUT2D eigenvalue weighted by Gasteiger charge is -2.28. The van der Waals surface area contributed by atoms with Crippen LogP contribution in [0.2, 0.25) is 0 Å². The number of oxazole rings is 1. The van der Waals surface area contributed by atoms with Crippen molar-refractivity contribution >= 4 is 0 Å². The van der Waals surface area contributed by atoms with E-state index in [9.17, 15) is 0 Å². The van der Waals surface area contributed by atoms with Gasteiger partial charge in [0.05, 0.1) is 19.9 Å². The standard InChI is InChI=1S/C17H22N2O2/c1-13-7-9-19(10-8-13)12-17-18-11-16(21-17)14-3-5-15(20-2)6-4-14/h3-6,11,13H,7-10,12H2,1-2H3. The molecule has 4 heteroatoms. The maximum absolute atomic E-state index is 5.88. The molecule has 0 amide bonds. The van der Waals surface area contributed by atoms with Crippen LogP contribution in [0.1, 0.15) is 25.7 Å². The summed E-state index contributed by atoms with van der Waals surface area (Å²) >= 11 is 0. The Kier molecular flexibility index (Phi) is 4.25. The van der Waals surface area contributed by atoms with Crippen LogP contribution >= 0.6 is 0 Å². The summed E-state index contributed by atoms with van der Waals surface area (Å²) in [4.78, 5) is 6.83. The van der Waals surface area contributed by atoms with Gasteiger partial charge in [0.15, 0.2) is 5.76 Å². The average molecular weight is 286 g/mol. The van der Waals surface area contributed by atoms with Gasteiger partial charge < -0.3 is 9.15 Å². The Balaban J connectivity index is 1.65. The molecule has 3 rings (SSSR count). The summed E-state index contributed by atoms with van der Waals surface area (Å²) in [7, 11) is 1.67. The van der Waals surface area contributed by atoms with Crippen LogP contribution in [0.5, 0.6) is 5.75 Å². The molecule has 0 atom stereocenters. The highest BCUT2D eigenvalue weighted by Crippen LogP contribution is 2.24. The Morgan fingerprint density at radius 1 is 1.24 bits per heavy atom. The van der Waals surface area contributed by atoms with Crippen LogP contribution in [0.4, 0.5) is 0 Å². The predicted octanol–water partition coefficient (Wildman–Crippen LogP) is 3.58. The molecule has 1 fully saturated rings. The lowest BCUT2D eigenvalue weighted by Crippen LogP contribution is -2.32. The Labute approximate surface area is 125 Å². The van der Waals surface area contributed by atoms with Crippen LogP contribution in [0.3, 0.4) is 0 Å². The molecule has 2 heterocycles. The zero-order chi connectivity index (χ0) is 14.7. The molecule has 0 saturated carbocycles. The van der Waals surface area contributed by atoms with Crippen molar-refractivity contribution < 1.29 is 9.15 Å². The molecular formula is C17H22N2O2. The van der Waals surface area contributed by atoms with E-state index in [0.717, 1.165) is 48.5 Å². The second-order valence-electron chi connectivity index (χ2n) is 5.81. The first kappa shape index (κ1) is 14.1. The zero-order valence-electron chi connectivity index (χ0n) is 12.7. The molecular weight excluding hydrogens is 264 g/mol. The number of ether oxygens (including phenoxy) is 1. The smallest absolute Gasteiger partial charge is 0.209 e. The van der Waals surface area contributed by atoms with Gasteiger partial charge in [-0.1, -0.05) is 6.92 Å². The van der Waals surface area contributed by atoms with Crippen LogP contribution in [0.15, 0.2) is 34.9 Å². The van der Waals surface area contributed by atoms with Crippen molar-refractivity contribution in [3.8, 4) is 17.1 Å². The molecule has 1 saturated heterocycles. The topological polar surface area (TPSA) is 38.5 Å². The van der Waals surface area contributed by atoms with Gasteiger partial charge in [0.25, 0.3) is 0 Å². The van der Waals surface area contributed by atoms with E-state index in [-0.39, 0.29) is 0 Å². The van der Waals surface area contributed by atoms with Crippen LogP contribution in [0, 0.1) is 5.92 Å². The van der Waals surface area contributed by atoms with E-state index < -0.39 is 0 Å². The number of hydrogen-bond donors (Lipinski definition) is 0. The van der Waals surface area contributed by atoms with Crippen molar-refractivity contribution in [3.63, 3.8) is 0 Å². The number of nitrogens with zero attached hydrogens (tertiary/aromatic N) is 2. The van der Waals surface area contributed by atoms with E-state index in [4.69, 9.17) is 9.15 Å². The van der Waals surface area contributed by atoms with Gasteiger partial charge in [-0.15, -0.1) is 0 Å². The van der Waals surface area contributed by atoms with Crippen molar-refractivity contribution in [1.82, 2.24) is 9.88 Å². The van der Waals surface area contributed by atoms with Crippen molar-refractivity contribution in [2.45, 2.75) is 26.3 Å². The van der Waals surface area contributed by atoms with Crippen LogP contribution in [0.25, 0.3) is 11.3 Å². The van der Waals surface area contributed by atoms with Crippen molar-refractivity contribution in [2.75, 3.05) is 20.2 Å². The summed E-state index contributed by atoms with van der Waals surface area (Å²) in [5.41, 5.74) is 1.03. The summed E-state index contributed by atoms with van der Waals surface area (Å²) in [5, 5.41) is 0. The summed E-state index contributed by atoms with van der Waals surface area (Å²) in [6, 6.07) is 7.85. The Morgan fingerprint density at radius 2 is 1.95 bits per heavy atom. The maximum atomic E-state index is 5.88. The summed E-state index contributed by atoms with van der Waals surface area (Å²) in [6.07, 6.45) is 4.35. The van der Waals surface area contributed by atoms with Gasteiger partial charge in [0.1, 0.15) is 5.75 Å². The minimum absolute atomic E-state index is 0.801. The number of rotatable bonds is 4. The Morgan fingerprint density at radius 3 is 2.62 bits per heavy atom. The highest BCUT2D eigenvalue weighted by atomic mass is 16.5. The number of piperidine rings is 1. The molecule has 1 aliphatic heterocycles. The SMILES string of the molecule is COc1ccc(-c2cnc(CN3CCC(C)CC3)o2)cc1. The number of aromatic nitrogens is 1. The number of hydrogen-bond acceptors (Lipinski definition) is 4. The van der Waals surface area contributed by atoms with Crippen LogP contribution in [-0.4, -0.2) is 30.1 Å². The van der Waals surface area contributed by atoms with Crippen molar-refractivity contribution in [1.29, 1.82) is 0 Å². The van der Waals surface area contributed by atoms with Crippen LogP contribution in [-0.2, 0) is 6.54 Å². The van der Waals surface area contributed by atoms with Gasteiger partial charge in [0, 0.05) is 5.56 Å². The number of benzene rings is 1. The molecule has 2 aromatic rings. The molecule has 1 aromatic carbocycles. The van der Waals surface area contributed by atoms with Gasteiger partial charge in [-0.25, -0.2) is 4.98 Å². The Bertz CT molecular complexity index is 569. The predicted molar refractivity (Wildman–Crippen MR) is 82.2 cm³/mol.